The molecule has 0 spiro atoms. The molecule has 0 bridgehead atoms. The molecule has 0 saturated carbocycles. The summed E-state index contributed by atoms with van der Waals surface area (Å²) < 4.78 is 16.1. The van der Waals surface area contributed by atoms with Crippen LogP contribution in [0.25, 0.3) is 11.1 Å². The molecule has 2 heterocycles. The summed E-state index contributed by atoms with van der Waals surface area (Å²) in [5.41, 5.74) is 2.17. The van der Waals surface area contributed by atoms with Crippen molar-refractivity contribution in [2.24, 2.45) is 0 Å². The Labute approximate surface area is 180 Å². The van der Waals surface area contributed by atoms with E-state index in [1.54, 1.807) is 41.2 Å². The molecule has 7 nitrogen and oxygen atoms in total. The summed E-state index contributed by atoms with van der Waals surface area (Å²) in [6, 6.07) is 16.6. The average Bonchev–Trinajstić information content (AvgIpc) is 3.33. The number of hydrogen-bond acceptors (Lipinski definition) is 5. The number of carbonyl (C=O) groups is 2. The highest BCUT2D eigenvalue weighted by Crippen LogP contribution is 2.28. The minimum Gasteiger partial charge on any atom is -0.497 e. The van der Waals surface area contributed by atoms with Crippen molar-refractivity contribution in [2.75, 3.05) is 40.4 Å². The number of hydrogen-bond donors (Lipinski definition) is 0. The molecule has 31 heavy (non-hydrogen) atoms. The smallest absolute Gasteiger partial charge is 0.290 e. The first-order valence-corrected chi connectivity index (χ1v) is 10.1. The average molecular weight is 420 g/mol. The van der Waals surface area contributed by atoms with Crippen LogP contribution in [0.3, 0.4) is 0 Å². The quantitative estimate of drug-likeness (QED) is 0.631. The molecule has 0 unspecified atom stereocenters. The van der Waals surface area contributed by atoms with Gasteiger partial charge in [-0.05, 0) is 23.8 Å². The molecular formula is C24H24N2O5. The van der Waals surface area contributed by atoms with E-state index in [0.717, 1.165) is 11.1 Å². The topological polar surface area (TPSA) is 72.2 Å². The third-order valence-electron chi connectivity index (χ3n) is 5.44. The molecule has 4 rings (SSSR count). The van der Waals surface area contributed by atoms with Gasteiger partial charge in [-0.25, -0.2) is 0 Å². The van der Waals surface area contributed by atoms with Crippen LogP contribution >= 0.6 is 0 Å². The van der Waals surface area contributed by atoms with Crippen molar-refractivity contribution in [1.29, 1.82) is 0 Å². The van der Waals surface area contributed by atoms with Crippen LogP contribution in [-0.2, 0) is 0 Å². The Bertz CT molecular complexity index is 1070. The highest BCUT2D eigenvalue weighted by molar-refractivity contribution is 5.99. The Balaban J connectivity index is 1.44. The fourth-order valence-electron chi connectivity index (χ4n) is 3.72. The van der Waals surface area contributed by atoms with Crippen LogP contribution in [0.15, 0.2) is 65.3 Å². The van der Waals surface area contributed by atoms with E-state index in [4.69, 9.17) is 13.9 Å². The number of piperazine rings is 1. The van der Waals surface area contributed by atoms with E-state index < -0.39 is 0 Å². The molecule has 0 atom stereocenters. The van der Waals surface area contributed by atoms with E-state index >= 15 is 0 Å². The zero-order chi connectivity index (χ0) is 21.8. The maximum Gasteiger partial charge on any atom is 0.290 e. The van der Waals surface area contributed by atoms with Crippen molar-refractivity contribution in [2.45, 2.75) is 0 Å². The first-order chi connectivity index (χ1) is 15.1. The predicted molar refractivity (Wildman–Crippen MR) is 115 cm³/mol. The molecule has 1 saturated heterocycles. The van der Waals surface area contributed by atoms with Crippen LogP contribution in [0, 0.1) is 0 Å². The van der Waals surface area contributed by atoms with E-state index in [-0.39, 0.29) is 11.8 Å². The summed E-state index contributed by atoms with van der Waals surface area (Å²) in [6.07, 6.45) is 1.53. The zero-order valence-corrected chi connectivity index (χ0v) is 17.5. The van der Waals surface area contributed by atoms with Crippen LogP contribution in [0.5, 0.6) is 11.5 Å². The lowest BCUT2D eigenvalue weighted by atomic mass is 10.1. The second kappa shape index (κ2) is 8.95. The van der Waals surface area contributed by atoms with E-state index in [1.807, 2.05) is 30.3 Å². The minimum atomic E-state index is -0.169. The molecule has 0 N–H and O–H groups in total. The summed E-state index contributed by atoms with van der Waals surface area (Å²) in [4.78, 5) is 29.5. The van der Waals surface area contributed by atoms with Gasteiger partial charge in [-0.15, -0.1) is 0 Å². The molecule has 160 valence electrons. The van der Waals surface area contributed by atoms with Gasteiger partial charge in [0.25, 0.3) is 11.8 Å². The molecule has 1 fully saturated rings. The maximum absolute atomic E-state index is 13.1. The SMILES string of the molecule is COc1ccc(C(=O)N2CCN(C(=O)c3occc3-c3ccccc3)CC2)c(OC)c1. The molecule has 7 heteroatoms. The van der Waals surface area contributed by atoms with Gasteiger partial charge < -0.3 is 23.7 Å². The van der Waals surface area contributed by atoms with Crippen LogP contribution in [0.2, 0.25) is 0 Å². The fraction of sp³-hybridized carbons (Fsp3) is 0.250. The van der Waals surface area contributed by atoms with Crippen LogP contribution in [0.1, 0.15) is 20.9 Å². The second-order valence-corrected chi connectivity index (χ2v) is 7.18. The van der Waals surface area contributed by atoms with Crippen molar-refractivity contribution in [1.82, 2.24) is 9.80 Å². The van der Waals surface area contributed by atoms with Crippen LogP contribution < -0.4 is 9.47 Å². The predicted octanol–water partition coefficient (Wildman–Crippen LogP) is 3.56. The number of benzene rings is 2. The zero-order valence-electron chi connectivity index (χ0n) is 17.5. The molecule has 2 aromatic carbocycles. The Hall–Kier alpha value is -3.74. The highest BCUT2D eigenvalue weighted by atomic mass is 16.5. The summed E-state index contributed by atoms with van der Waals surface area (Å²) in [5, 5.41) is 0. The van der Waals surface area contributed by atoms with Gasteiger partial charge in [0, 0.05) is 37.8 Å². The Kier molecular flexibility index (Phi) is 5.93. The number of furan rings is 1. The highest BCUT2D eigenvalue weighted by Gasteiger charge is 2.29. The molecule has 1 aromatic heterocycles. The molecule has 3 aromatic rings. The third-order valence-corrected chi connectivity index (χ3v) is 5.44. The van der Waals surface area contributed by atoms with E-state index in [1.165, 1.54) is 13.4 Å². The molecule has 0 radical (unpaired) electrons. The minimum absolute atomic E-state index is 0.130. The lowest BCUT2D eigenvalue weighted by Gasteiger charge is -2.34. The Morgan fingerprint density at radius 1 is 0.839 bits per heavy atom. The van der Waals surface area contributed by atoms with Gasteiger partial charge in [0.15, 0.2) is 5.76 Å². The normalized spacial score (nSPS) is 13.7. The van der Waals surface area contributed by atoms with Crippen molar-refractivity contribution in [3.8, 4) is 22.6 Å². The lowest BCUT2D eigenvalue weighted by molar-refractivity contribution is 0.0517. The lowest BCUT2D eigenvalue weighted by Crippen LogP contribution is -2.50. The van der Waals surface area contributed by atoms with Crippen molar-refractivity contribution in [3.63, 3.8) is 0 Å². The molecule has 1 aliphatic rings. The standard InChI is InChI=1S/C24H24N2O5/c1-29-18-8-9-20(21(16-18)30-2)23(27)25-11-13-26(14-12-25)24(28)22-19(10-15-31-22)17-6-4-3-5-7-17/h3-10,15-16H,11-14H2,1-2H3. The van der Waals surface area contributed by atoms with Crippen LogP contribution in [0.4, 0.5) is 0 Å². The van der Waals surface area contributed by atoms with Gasteiger partial charge in [-0.3, -0.25) is 9.59 Å². The molecular weight excluding hydrogens is 396 g/mol. The van der Waals surface area contributed by atoms with Crippen LogP contribution in [-0.4, -0.2) is 62.0 Å². The third kappa shape index (κ3) is 4.12. The Morgan fingerprint density at radius 3 is 2.16 bits per heavy atom. The first-order valence-electron chi connectivity index (χ1n) is 10.1. The van der Waals surface area contributed by atoms with E-state index in [2.05, 4.69) is 0 Å². The van der Waals surface area contributed by atoms with Gasteiger partial charge >= 0.3 is 0 Å². The molecule has 2 amide bonds. The fourth-order valence-corrected chi connectivity index (χ4v) is 3.72. The summed E-state index contributed by atoms with van der Waals surface area (Å²) in [7, 11) is 3.09. The number of amides is 2. The van der Waals surface area contributed by atoms with E-state index in [0.29, 0.717) is 49.0 Å². The van der Waals surface area contributed by atoms with Gasteiger partial charge in [0.1, 0.15) is 11.5 Å². The van der Waals surface area contributed by atoms with Gasteiger partial charge in [-0.1, -0.05) is 30.3 Å². The first kappa shape index (κ1) is 20.5. The summed E-state index contributed by atoms with van der Waals surface area (Å²) in [5.74, 6) is 1.11. The molecule has 0 aliphatic carbocycles. The van der Waals surface area contributed by atoms with E-state index in [9.17, 15) is 9.59 Å². The number of nitrogens with zero attached hydrogens (tertiary/aromatic N) is 2. The summed E-state index contributed by atoms with van der Waals surface area (Å²) >= 11 is 0. The largest absolute Gasteiger partial charge is 0.497 e. The van der Waals surface area contributed by atoms with Crippen molar-refractivity contribution < 1.29 is 23.5 Å². The molecule has 1 aliphatic heterocycles. The summed E-state index contributed by atoms with van der Waals surface area (Å²) in [6.45, 7) is 1.72. The Morgan fingerprint density at radius 2 is 1.52 bits per heavy atom. The second-order valence-electron chi connectivity index (χ2n) is 7.18. The number of methoxy groups -OCH3 is 2. The van der Waals surface area contributed by atoms with Gasteiger partial charge in [0.2, 0.25) is 0 Å². The van der Waals surface area contributed by atoms with Gasteiger partial charge in [-0.2, -0.15) is 0 Å². The number of ether oxygens (including phenoxy) is 2. The van der Waals surface area contributed by atoms with Crippen molar-refractivity contribution >= 4 is 11.8 Å². The van der Waals surface area contributed by atoms with Crippen molar-refractivity contribution in [3.05, 3.63) is 72.2 Å². The van der Waals surface area contributed by atoms with Gasteiger partial charge in [0.05, 0.1) is 26.0 Å². The maximum atomic E-state index is 13.1. The number of rotatable bonds is 5. The monoisotopic (exact) mass is 420 g/mol. The number of carbonyl (C=O) groups excluding carboxylic acids is 2.